The van der Waals surface area contributed by atoms with E-state index in [1.54, 1.807) is 0 Å². The SMILES string of the molecule is CN(C)CCN(C)c1nnc2ccc(O[C@@H]3CC[C@H](N)c4ccccc43)cn12. The fourth-order valence-corrected chi connectivity index (χ4v) is 3.71. The molecule has 7 nitrogen and oxygen atoms in total. The van der Waals surface area contributed by atoms with Gasteiger partial charge in [0.25, 0.3) is 0 Å². The first-order valence-corrected chi connectivity index (χ1v) is 9.74. The summed E-state index contributed by atoms with van der Waals surface area (Å²) in [5.74, 6) is 1.62. The maximum atomic E-state index is 6.38. The number of rotatable bonds is 6. The summed E-state index contributed by atoms with van der Waals surface area (Å²) in [6.07, 6.45) is 3.83. The fraction of sp³-hybridized carbons (Fsp3) is 0.429. The van der Waals surface area contributed by atoms with Crippen LogP contribution in [0.1, 0.15) is 36.1 Å². The van der Waals surface area contributed by atoms with E-state index in [2.05, 4.69) is 46.2 Å². The maximum Gasteiger partial charge on any atom is 0.231 e. The molecule has 1 aromatic carbocycles. The van der Waals surface area contributed by atoms with Crippen molar-refractivity contribution in [2.45, 2.75) is 25.0 Å². The largest absolute Gasteiger partial charge is 0.484 e. The first-order valence-electron chi connectivity index (χ1n) is 9.74. The van der Waals surface area contributed by atoms with Gasteiger partial charge in [-0.2, -0.15) is 0 Å². The van der Waals surface area contributed by atoms with E-state index >= 15 is 0 Å². The van der Waals surface area contributed by atoms with Crippen molar-refractivity contribution in [3.8, 4) is 5.75 Å². The van der Waals surface area contributed by atoms with Crippen LogP contribution in [0.5, 0.6) is 5.75 Å². The standard InChI is InChI=1S/C21H28N6O/c1-25(2)12-13-26(3)21-24-23-20-11-8-15(14-27(20)21)28-19-10-9-18(22)16-6-4-5-7-17(16)19/h4-8,11,14,18-19H,9-10,12-13,22H2,1-3H3/t18-,19+/m0/s1. The minimum Gasteiger partial charge on any atom is -0.484 e. The predicted molar refractivity (Wildman–Crippen MR) is 111 cm³/mol. The topological polar surface area (TPSA) is 71.9 Å². The zero-order valence-electron chi connectivity index (χ0n) is 16.7. The van der Waals surface area contributed by atoms with Crippen molar-refractivity contribution in [1.29, 1.82) is 0 Å². The highest BCUT2D eigenvalue weighted by Crippen LogP contribution is 2.37. The second kappa shape index (κ2) is 7.77. The van der Waals surface area contributed by atoms with Gasteiger partial charge in [0.1, 0.15) is 11.9 Å². The molecule has 0 spiro atoms. The van der Waals surface area contributed by atoms with Gasteiger partial charge in [-0.05, 0) is 50.2 Å². The molecule has 0 unspecified atom stereocenters. The Morgan fingerprint density at radius 3 is 2.61 bits per heavy atom. The quantitative estimate of drug-likeness (QED) is 0.709. The maximum absolute atomic E-state index is 6.38. The second-order valence-corrected chi connectivity index (χ2v) is 7.74. The molecule has 0 aliphatic heterocycles. The summed E-state index contributed by atoms with van der Waals surface area (Å²) in [5.41, 5.74) is 9.47. The number of nitrogens with two attached hydrogens (primary N) is 1. The summed E-state index contributed by atoms with van der Waals surface area (Å²) < 4.78 is 8.37. The van der Waals surface area contributed by atoms with Crippen molar-refractivity contribution < 1.29 is 4.74 Å². The van der Waals surface area contributed by atoms with E-state index in [1.807, 2.05) is 41.9 Å². The van der Waals surface area contributed by atoms with Gasteiger partial charge in [-0.1, -0.05) is 24.3 Å². The Kier molecular flexibility index (Phi) is 5.19. The highest BCUT2D eigenvalue weighted by atomic mass is 16.5. The van der Waals surface area contributed by atoms with Crippen molar-refractivity contribution in [2.24, 2.45) is 5.73 Å². The number of fused-ring (bicyclic) bond motifs is 2. The highest BCUT2D eigenvalue weighted by molar-refractivity contribution is 5.48. The zero-order valence-corrected chi connectivity index (χ0v) is 16.7. The van der Waals surface area contributed by atoms with E-state index in [4.69, 9.17) is 10.5 Å². The van der Waals surface area contributed by atoms with Gasteiger partial charge in [-0.25, -0.2) is 0 Å². The molecule has 2 heterocycles. The Morgan fingerprint density at radius 2 is 1.82 bits per heavy atom. The van der Waals surface area contributed by atoms with Gasteiger partial charge in [-0.3, -0.25) is 4.40 Å². The Hall–Kier alpha value is -2.64. The minimum atomic E-state index is 0.0138. The van der Waals surface area contributed by atoms with Crippen LogP contribution in [0.3, 0.4) is 0 Å². The van der Waals surface area contributed by atoms with Crippen molar-refractivity contribution in [1.82, 2.24) is 19.5 Å². The molecule has 0 saturated carbocycles. The normalized spacial score (nSPS) is 19.0. The van der Waals surface area contributed by atoms with Crippen LogP contribution < -0.4 is 15.4 Å². The summed E-state index contributed by atoms with van der Waals surface area (Å²) in [5, 5.41) is 8.64. The molecule has 148 valence electrons. The molecule has 0 radical (unpaired) electrons. The molecular weight excluding hydrogens is 352 g/mol. The fourth-order valence-electron chi connectivity index (χ4n) is 3.71. The van der Waals surface area contributed by atoms with Crippen molar-refractivity contribution >= 4 is 11.6 Å². The van der Waals surface area contributed by atoms with Gasteiger partial charge < -0.3 is 20.3 Å². The number of likely N-dealkylation sites (N-methyl/N-ethyl adjacent to an activating group) is 2. The highest BCUT2D eigenvalue weighted by Gasteiger charge is 2.26. The number of ether oxygens (including phenoxy) is 1. The molecular formula is C21H28N6O. The van der Waals surface area contributed by atoms with E-state index < -0.39 is 0 Å². The Balaban J connectivity index is 1.59. The third-order valence-corrected chi connectivity index (χ3v) is 5.34. The lowest BCUT2D eigenvalue weighted by Crippen LogP contribution is -2.29. The first-order chi connectivity index (χ1) is 13.5. The number of anilines is 1. The molecule has 2 atom stereocenters. The van der Waals surface area contributed by atoms with Crippen LogP contribution in [0.4, 0.5) is 5.95 Å². The van der Waals surface area contributed by atoms with Crippen molar-refractivity contribution in [3.63, 3.8) is 0 Å². The first kappa shape index (κ1) is 18.7. The Bertz CT molecular complexity index is 953. The molecule has 1 aliphatic carbocycles. The molecule has 2 N–H and O–H groups in total. The third-order valence-electron chi connectivity index (χ3n) is 5.34. The number of benzene rings is 1. The third kappa shape index (κ3) is 3.68. The van der Waals surface area contributed by atoms with Crippen LogP contribution in [0.25, 0.3) is 5.65 Å². The number of pyridine rings is 1. The molecule has 0 fully saturated rings. The van der Waals surface area contributed by atoms with Crippen LogP contribution >= 0.6 is 0 Å². The average molecular weight is 380 g/mol. The number of hydrogen-bond acceptors (Lipinski definition) is 6. The average Bonchev–Trinajstić information content (AvgIpc) is 3.12. The number of hydrogen-bond donors (Lipinski definition) is 1. The van der Waals surface area contributed by atoms with E-state index in [0.29, 0.717) is 0 Å². The van der Waals surface area contributed by atoms with E-state index in [1.165, 1.54) is 11.1 Å². The van der Waals surface area contributed by atoms with Crippen molar-refractivity contribution in [2.75, 3.05) is 39.1 Å². The molecule has 0 saturated heterocycles. The van der Waals surface area contributed by atoms with Gasteiger partial charge >= 0.3 is 0 Å². The lowest BCUT2D eigenvalue weighted by molar-refractivity contribution is 0.176. The number of aromatic nitrogens is 3. The number of nitrogens with zero attached hydrogens (tertiary/aromatic N) is 5. The van der Waals surface area contributed by atoms with Gasteiger partial charge in [0.2, 0.25) is 5.95 Å². The Labute approximate surface area is 165 Å². The van der Waals surface area contributed by atoms with Gasteiger partial charge in [0.05, 0.1) is 6.20 Å². The smallest absolute Gasteiger partial charge is 0.231 e. The van der Waals surface area contributed by atoms with Crippen LogP contribution in [0.2, 0.25) is 0 Å². The van der Waals surface area contributed by atoms with E-state index in [9.17, 15) is 0 Å². The molecule has 28 heavy (non-hydrogen) atoms. The summed E-state index contributed by atoms with van der Waals surface area (Å²) in [4.78, 5) is 4.26. The van der Waals surface area contributed by atoms with Gasteiger partial charge in [0.15, 0.2) is 5.65 Å². The molecule has 0 bridgehead atoms. The summed E-state index contributed by atoms with van der Waals surface area (Å²) in [6.45, 7) is 1.81. The van der Waals surface area contributed by atoms with E-state index in [0.717, 1.165) is 43.3 Å². The molecule has 0 amide bonds. The van der Waals surface area contributed by atoms with Gasteiger partial charge in [-0.15, -0.1) is 10.2 Å². The van der Waals surface area contributed by atoms with Crippen LogP contribution in [0.15, 0.2) is 42.6 Å². The summed E-state index contributed by atoms with van der Waals surface area (Å²) in [7, 11) is 6.16. The zero-order chi connectivity index (χ0) is 19.7. The van der Waals surface area contributed by atoms with E-state index in [-0.39, 0.29) is 12.1 Å². The summed E-state index contributed by atoms with van der Waals surface area (Å²) in [6, 6.07) is 12.3. The van der Waals surface area contributed by atoms with Crippen molar-refractivity contribution in [3.05, 3.63) is 53.7 Å². The van der Waals surface area contributed by atoms with Crippen LogP contribution in [-0.2, 0) is 0 Å². The minimum absolute atomic E-state index is 0.0138. The lowest BCUT2D eigenvalue weighted by atomic mass is 9.86. The molecule has 2 aromatic heterocycles. The molecule has 3 aromatic rings. The molecule has 7 heteroatoms. The Morgan fingerprint density at radius 1 is 1.04 bits per heavy atom. The monoisotopic (exact) mass is 380 g/mol. The molecule has 4 rings (SSSR count). The van der Waals surface area contributed by atoms with Gasteiger partial charge in [0, 0.05) is 26.2 Å². The van der Waals surface area contributed by atoms with Crippen LogP contribution in [-0.4, -0.2) is 53.7 Å². The molecule has 1 aliphatic rings. The predicted octanol–water partition coefficient (Wildman–Crippen LogP) is 2.64. The summed E-state index contributed by atoms with van der Waals surface area (Å²) >= 11 is 0. The van der Waals surface area contributed by atoms with Crippen LogP contribution in [0, 0.1) is 0 Å². The lowest BCUT2D eigenvalue weighted by Gasteiger charge is -2.30. The second-order valence-electron chi connectivity index (χ2n) is 7.74.